The van der Waals surface area contributed by atoms with Crippen LogP contribution in [0.5, 0.6) is 0 Å². The van der Waals surface area contributed by atoms with Crippen LogP contribution in [0.4, 0.5) is 0 Å². The summed E-state index contributed by atoms with van der Waals surface area (Å²) in [6, 6.07) is 17.0. The van der Waals surface area contributed by atoms with Gasteiger partial charge in [0, 0.05) is 43.4 Å². The third kappa shape index (κ3) is 6.34. The smallest absolute Gasteiger partial charge is 0.191 e. The first kappa shape index (κ1) is 22.4. The van der Waals surface area contributed by atoms with Crippen LogP contribution in [-0.4, -0.2) is 43.4 Å². The Morgan fingerprint density at radius 2 is 1.84 bits per heavy atom. The summed E-state index contributed by atoms with van der Waals surface area (Å²) in [6.45, 7) is 6.68. The number of aliphatic imine (C=N–C) groups is 1. The van der Waals surface area contributed by atoms with E-state index in [4.69, 9.17) is 14.5 Å². The van der Waals surface area contributed by atoms with E-state index in [1.54, 1.807) is 0 Å². The Labute approximate surface area is 190 Å². The first-order chi connectivity index (χ1) is 15.8. The topological polar surface area (TPSA) is 70.7 Å². The molecule has 32 heavy (non-hydrogen) atoms. The van der Waals surface area contributed by atoms with Gasteiger partial charge in [-0.05, 0) is 48.9 Å². The van der Waals surface area contributed by atoms with Crippen LogP contribution < -0.4 is 10.6 Å². The summed E-state index contributed by atoms with van der Waals surface area (Å²) >= 11 is 0. The first-order valence-electron chi connectivity index (χ1n) is 11.7. The monoisotopic (exact) mass is 434 g/mol. The van der Waals surface area contributed by atoms with Gasteiger partial charge >= 0.3 is 0 Å². The standard InChI is InChI=1S/C26H34N4O2/c1-2-27-26(28-14-11-22-18-29-25-6-4-3-5-24(22)25)30-17-20-7-9-21(10-8-20)19-32-23-12-15-31-16-13-23/h3-10,18,23,29H,2,11-17,19H2,1H3,(H2,27,28,30). The van der Waals surface area contributed by atoms with Crippen molar-refractivity contribution in [2.24, 2.45) is 4.99 Å². The molecule has 6 heteroatoms. The molecule has 0 atom stereocenters. The number of rotatable bonds is 9. The van der Waals surface area contributed by atoms with Crippen LogP contribution >= 0.6 is 0 Å². The van der Waals surface area contributed by atoms with Gasteiger partial charge in [-0.25, -0.2) is 4.99 Å². The van der Waals surface area contributed by atoms with Crippen LogP contribution in [0.3, 0.4) is 0 Å². The van der Waals surface area contributed by atoms with Crippen LogP contribution in [-0.2, 0) is 29.0 Å². The predicted molar refractivity (Wildman–Crippen MR) is 130 cm³/mol. The Bertz CT molecular complexity index is 990. The van der Waals surface area contributed by atoms with Crippen molar-refractivity contribution in [1.82, 2.24) is 15.6 Å². The summed E-state index contributed by atoms with van der Waals surface area (Å²) < 4.78 is 11.4. The maximum absolute atomic E-state index is 6.01. The molecule has 1 aliphatic heterocycles. The van der Waals surface area contributed by atoms with E-state index < -0.39 is 0 Å². The molecule has 0 aliphatic carbocycles. The number of ether oxygens (including phenoxy) is 2. The number of nitrogens with zero attached hydrogens (tertiary/aromatic N) is 1. The second-order valence-electron chi connectivity index (χ2n) is 8.17. The van der Waals surface area contributed by atoms with Gasteiger partial charge in [0.2, 0.25) is 0 Å². The molecule has 0 saturated carbocycles. The minimum absolute atomic E-state index is 0.325. The number of guanidine groups is 1. The number of aromatic nitrogens is 1. The van der Waals surface area contributed by atoms with Gasteiger partial charge in [0.25, 0.3) is 0 Å². The highest BCUT2D eigenvalue weighted by atomic mass is 16.5. The van der Waals surface area contributed by atoms with Gasteiger partial charge in [-0.3, -0.25) is 0 Å². The van der Waals surface area contributed by atoms with E-state index in [1.807, 2.05) is 0 Å². The molecule has 0 radical (unpaired) electrons. The van der Waals surface area contributed by atoms with Crippen molar-refractivity contribution < 1.29 is 9.47 Å². The quantitative estimate of drug-likeness (QED) is 0.349. The fraction of sp³-hybridized carbons (Fsp3) is 0.423. The molecule has 0 amide bonds. The number of hydrogen-bond acceptors (Lipinski definition) is 3. The molecule has 0 unspecified atom stereocenters. The highest BCUT2D eigenvalue weighted by Gasteiger charge is 2.13. The maximum Gasteiger partial charge on any atom is 0.191 e. The minimum atomic E-state index is 0.325. The molecule has 4 rings (SSSR count). The van der Waals surface area contributed by atoms with Gasteiger partial charge in [0.05, 0.1) is 19.3 Å². The Balaban J connectivity index is 1.25. The lowest BCUT2D eigenvalue weighted by Crippen LogP contribution is -2.38. The zero-order valence-electron chi connectivity index (χ0n) is 18.9. The van der Waals surface area contributed by atoms with Gasteiger partial charge in [-0.2, -0.15) is 0 Å². The van der Waals surface area contributed by atoms with Crippen molar-refractivity contribution in [2.75, 3.05) is 26.3 Å². The molecule has 170 valence electrons. The van der Waals surface area contributed by atoms with Crippen LogP contribution in [0, 0.1) is 0 Å². The lowest BCUT2D eigenvalue weighted by Gasteiger charge is -2.22. The van der Waals surface area contributed by atoms with Crippen LogP contribution in [0.15, 0.2) is 59.7 Å². The molecule has 1 aliphatic rings. The number of nitrogens with one attached hydrogen (secondary N) is 3. The Kier molecular flexibility index (Phi) is 8.17. The zero-order chi connectivity index (χ0) is 22.0. The summed E-state index contributed by atoms with van der Waals surface area (Å²) in [4.78, 5) is 8.10. The van der Waals surface area contributed by atoms with Crippen LogP contribution in [0.1, 0.15) is 36.5 Å². The van der Waals surface area contributed by atoms with E-state index in [0.717, 1.165) is 51.5 Å². The second-order valence-corrected chi connectivity index (χ2v) is 8.17. The molecule has 0 spiro atoms. The third-order valence-corrected chi connectivity index (χ3v) is 5.80. The molecule has 6 nitrogen and oxygen atoms in total. The first-order valence-corrected chi connectivity index (χ1v) is 11.7. The largest absolute Gasteiger partial charge is 0.381 e. The van der Waals surface area contributed by atoms with Gasteiger partial charge in [0.15, 0.2) is 5.96 Å². The molecular weight excluding hydrogens is 400 g/mol. The Morgan fingerprint density at radius 1 is 1.06 bits per heavy atom. The molecule has 0 bridgehead atoms. The van der Waals surface area contributed by atoms with Crippen molar-refractivity contribution in [1.29, 1.82) is 0 Å². The van der Waals surface area contributed by atoms with Gasteiger partial charge in [-0.15, -0.1) is 0 Å². The van der Waals surface area contributed by atoms with Gasteiger partial charge < -0.3 is 25.1 Å². The second kappa shape index (κ2) is 11.7. The average Bonchev–Trinajstić information content (AvgIpc) is 3.26. The van der Waals surface area contributed by atoms with Crippen LogP contribution in [0.25, 0.3) is 10.9 Å². The molecule has 2 aromatic carbocycles. The molecule has 1 aromatic heterocycles. The summed E-state index contributed by atoms with van der Waals surface area (Å²) in [5.41, 5.74) is 4.90. The van der Waals surface area contributed by atoms with Crippen molar-refractivity contribution in [2.45, 2.75) is 45.4 Å². The number of H-pyrrole nitrogens is 1. The van der Waals surface area contributed by atoms with Crippen LogP contribution in [0.2, 0.25) is 0 Å². The lowest BCUT2D eigenvalue weighted by atomic mass is 10.1. The molecular formula is C26H34N4O2. The highest BCUT2D eigenvalue weighted by Crippen LogP contribution is 2.18. The normalized spacial score (nSPS) is 15.2. The Morgan fingerprint density at radius 3 is 2.66 bits per heavy atom. The fourth-order valence-electron chi connectivity index (χ4n) is 3.96. The van der Waals surface area contributed by atoms with E-state index >= 15 is 0 Å². The van der Waals surface area contributed by atoms with Crippen molar-refractivity contribution in [3.63, 3.8) is 0 Å². The third-order valence-electron chi connectivity index (χ3n) is 5.80. The molecule has 1 saturated heterocycles. The number of fused-ring (bicyclic) bond motifs is 1. The average molecular weight is 435 g/mol. The number of aromatic amines is 1. The summed E-state index contributed by atoms with van der Waals surface area (Å²) in [5, 5.41) is 8.08. The SMILES string of the molecule is CCNC(=NCc1ccc(COC2CCOCC2)cc1)NCCc1c[nH]c2ccccc12. The number of para-hydroxylation sites is 1. The highest BCUT2D eigenvalue weighted by molar-refractivity contribution is 5.83. The molecule has 3 N–H and O–H groups in total. The predicted octanol–water partition coefficient (Wildman–Crippen LogP) is 4.16. The van der Waals surface area contributed by atoms with E-state index in [2.05, 4.69) is 77.3 Å². The number of benzene rings is 2. The van der Waals surface area contributed by atoms with Crippen molar-refractivity contribution in [3.05, 3.63) is 71.4 Å². The fourth-order valence-corrected chi connectivity index (χ4v) is 3.96. The summed E-state index contributed by atoms with van der Waals surface area (Å²) in [5.74, 6) is 0.847. The molecule has 1 fully saturated rings. The minimum Gasteiger partial charge on any atom is -0.381 e. The zero-order valence-corrected chi connectivity index (χ0v) is 18.9. The Hall–Kier alpha value is -2.83. The summed E-state index contributed by atoms with van der Waals surface area (Å²) in [7, 11) is 0. The van der Waals surface area contributed by atoms with Crippen molar-refractivity contribution >= 4 is 16.9 Å². The lowest BCUT2D eigenvalue weighted by molar-refractivity contribution is -0.0390. The van der Waals surface area contributed by atoms with E-state index in [9.17, 15) is 0 Å². The van der Waals surface area contributed by atoms with Gasteiger partial charge in [0.1, 0.15) is 0 Å². The van der Waals surface area contributed by atoms with E-state index in [1.165, 1.54) is 27.6 Å². The van der Waals surface area contributed by atoms with E-state index in [0.29, 0.717) is 19.3 Å². The van der Waals surface area contributed by atoms with E-state index in [-0.39, 0.29) is 0 Å². The molecule has 2 heterocycles. The van der Waals surface area contributed by atoms with Crippen molar-refractivity contribution in [3.8, 4) is 0 Å². The number of hydrogen-bond donors (Lipinski definition) is 3. The summed E-state index contributed by atoms with van der Waals surface area (Å²) in [6.07, 6.45) is 5.35. The van der Waals surface area contributed by atoms with Gasteiger partial charge in [-0.1, -0.05) is 42.5 Å². The molecule has 3 aromatic rings. The maximum atomic E-state index is 6.01.